The number of aliphatic hydroxyl groups is 4. The summed E-state index contributed by atoms with van der Waals surface area (Å²) in [6.07, 6.45) is 36.2. The molecule has 55 heavy (non-hydrogen) atoms. The molecule has 0 aliphatic carbocycles. The number of ether oxygens (including phenoxy) is 4. The Morgan fingerprint density at radius 3 is 1.53 bits per heavy atom. The second-order valence-corrected chi connectivity index (χ2v) is 14.0. The molecule has 4 N–H and O–H groups in total. The minimum Gasteiger partial charge on any atom is -0.462 e. The van der Waals surface area contributed by atoms with Crippen LogP contribution in [0.3, 0.4) is 0 Å². The minimum absolute atomic E-state index is 0.202. The number of carbonyl (C=O) groups is 2. The van der Waals surface area contributed by atoms with Crippen molar-refractivity contribution in [2.24, 2.45) is 0 Å². The zero-order valence-electron chi connectivity index (χ0n) is 33.9. The van der Waals surface area contributed by atoms with Crippen molar-refractivity contribution in [1.29, 1.82) is 0 Å². The van der Waals surface area contributed by atoms with Crippen LogP contribution in [0.25, 0.3) is 0 Å². The molecule has 0 aromatic heterocycles. The smallest absolute Gasteiger partial charge is 0.306 e. The molecule has 2 unspecified atom stereocenters. The fraction of sp³-hybridized carbons (Fsp3) is 0.689. The highest BCUT2D eigenvalue weighted by atomic mass is 16.7. The quantitative estimate of drug-likeness (QED) is 0.0291. The van der Waals surface area contributed by atoms with Gasteiger partial charge >= 0.3 is 11.9 Å². The number of aliphatic hydroxyl groups excluding tert-OH is 4. The van der Waals surface area contributed by atoms with Gasteiger partial charge in [-0.2, -0.15) is 0 Å². The summed E-state index contributed by atoms with van der Waals surface area (Å²) in [5.41, 5.74) is 0. The Labute approximate surface area is 332 Å². The maximum atomic E-state index is 12.7. The molecule has 314 valence electrons. The average Bonchev–Trinajstić information content (AvgIpc) is 3.18. The fourth-order valence-electron chi connectivity index (χ4n) is 5.80. The predicted molar refractivity (Wildman–Crippen MR) is 219 cm³/mol. The standard InChI is InChI=1S/C45H74O10/c1-3-5-7-9-11-13-15-17-19-21-23-25-27-29-31-33-40(47)52-36-38(37-53-45-44(51)43(50)42(49)39(35-46)55-45)54-41(48)34-32-30-28-26-24-22-20-18-16-14-12-10-8-6-4-2/h5-8,11-14,17-20,38-39,42-46,49-51H,3-4,9-10,15-16,21-37H2,1-2H3/b7-5+,8-6+,13-11+,14-12+,19-17+,20-18+/t38-,39-,42+,43?,44?,45-/m0/s1. The second kappa shape index (κ2) is 35.5. The van der Waals surface area contributed by atoms with E-state index in [1.54, 1.807) is 0 Å². The van der Waals surface area contributed by atoms with Gasteiger partial charge in [0.05, 0.1) is 13.2 Å². The van der Waals surface area contributed by atoms with Crippen molar-refractivity contribution in [2.45, 2.75) is 179 Å². The number of unbranched alkanes of at least 4 members (excludes halogenated alkanes) is 10. The van der Waals surface area contributed by atoms with E-state index in [0.717, 1.165) is 103 Å². The van der Waals surface area contributed by atoms with Crippen LogP contribution in [-0.4, -0.2) is 89.0 Å². The van der Waals surface area contributed by atoms with Gasteiger partial charge in [0.2, 0.25) is 0 Å². The molecule has 1 aliphatic rings. The van der Waals surface area contributed by atoms with E-state index in [9.17, 15) is 30.0 Å². The normalized spacial score (nSPS) is 21.3. The van der Waals surface area contributed by atoms with E-state index >= 15 is 0 Å². The van der Waals surface area contributed by atoms with Crippen LogP contribution in [0.2, 0.25) is 0 Å². The summed E-state index contributed by atoms with van der Waals surface area (Å²) in [4.78, 5) is 25.3. The van der Waals surface area contributed by atoms with E-state index < -0.39 is 55.4 Å². The molecule has 1 fully saturated rings. The number of hydrogen-bond acceptors (Lipinski definition) is 10. The third-order valence-corrected chi connectivity index (χ3v) is 9.09. The van der Waals surface area contributed by atoms with Crippen LogP contribution >= 0.6 is 0 Å². The van der Waals surface area contributed by atoms with Gasteiger partial charge in [0.1, 0.15) is 31.0 Å². The second-order valence-electron chi connectivity index (χ2n) is 14.0. The minimum atomic E-state index is -1.60. The third-order valence-electron chi connectivity index (χ3n) is 9.09. The Morgan fingerprint density at radius 2 is 1.02 bits per heavy atom. The van der Waals surface area contributed by atoms with Gasteiger partial charge in [0, 0.05) is 12.8 Å². The topological polar surface area (TPSA) is 152 Å². The van der Waals surface area contributed by atoms with Gasteiger partial charge in [0.15, 0.2) is 12.4 Å². The first-order valence-corrected chi connectivity index (χ1v) is 21.0. The molecule has 0 amide bonds. The van der Waals surface area contributed by atoms with Crippen molar-refractivity contribution in [2.75, 3.05) is 19.8 Å². The molecule has 1 saturated heterocycles. The molecule has 1 heterocycles. The lowest BCUT2D eigenvalue weighted by molar-refractivity contribution is -0.305. The van der Waals surface area contributed by atoms with E-state index in [1.807, 2.05) is 0 Å². The van der Waals surface area contributed by atoms with Gasteiger partial charge in [-0.3, -0.25) is 9.59 Å². The zero-order chi connectivity index (χ0) is 40.2. The van der Waals surface area contributed by atoms with E-state index in [0.29, 0.717) is 12.8 Å². The van der Waals surface area contributed by atoms with Crippen molar-refractivity contribution >= 4 is 11.9 Å². The van der Waals surface area contributed by atoms with Crippen molar-refractivity contribution in [3.63, 3.8) is 0 Å². The first-order chi connectivity index (χ1) is 26.8. The lowest BCUT2D eigenvalue weighted by Crippen LogP contribution is -2.59. The molecular formula is C45H74O10. The largest absolute Gasteiger partial charge is 0.462 e. The summed E-state index contributed by atoms with van der Waals surface area (Å²) < 4.78 is 22.1. The summed E-state index contributed by atoms with van der Waals surface area (Å²) >= 11 is 0. The molecule has 0 radical (unpaired) electrons. The number of esters is 2. The van der Waals surface area contributed by atoms with Crippen molar-refractivity contribution in [3.8, 4) is 0 Å². The van der Waals surface area contributed by atoms with Crippen LogP contribution < -0.4 is 0 Å². The Balaban J connectivity index is 2.39. The monoisotopic (exact) mass is 775 g/mol. The summed E-state index contributed by atoms with van der Waals surface area (Å²) in [6.45, 7) is 3.14. The highest BCUT2D eigenvalue weighted by molar-refractivity contribution is 5.70. The van der Waals surface area contributed by atoms with Gasteiger partial charge in [-0.1, -0.05) is 125 Å². The lowest BCUT2D eigenvalue weighted by Gasteiger charge is -2.39. The Bertz CT molecular complexity index is 1120. The first kappa shape index (κ1) is 50.2. The van der Waals surface area contributed by atoms with Crippen LogP contribution in [0.15, 0.2) is 72.9 Å². The molecule has 0 bridgehead atoms. The molecule has 0 saturated carbocycles. The van der Waals surface area contributed by atoms with E-state index in [1.165, 1.54) is 0 Å². The van der Waals surface area contributed by atoms with Gasteiger partial charge < -0.3 is 39.4 Å². The Morgan fingerprint density at radius 1 is 0.564 bits per heavy atom. The van der Waals surface area contributed by atoms with Gasteiger partial charge in [-0.25, -0.2) is 0 Å². The van der Waals surface area contributed by atoms with Crippen LogP contribution in [0.5, 0.6) is 0 Å². The third kappa shape index (κ3) is 27.4. The maximum Gasteiger partial charge on any atom is 0.306 e. The number of allylic oxidation sites excluding steroid dienone is 12. The molecule has 1 rings (SSSR count). The van der Waals surface area contributed by atoms with Crippen molar-refractivity contribution in [3.05, 3.63) is 72.9 Å². The van der Waals surface area contributed by atoms with Crippen molar-refractivity contribution < 1.29 is 49.0 Å². The van der Waals surface area contributed by atoms with Gasteiger partial charge in [0.25, 0.3) is 0 Å². The molecule has 0 aromatic rings. The molecular weight excluding hydrogens is 700 g/mol. The summed E-state index contributed by atoms with van der Waals surface area (Å²) in [7, 11) is 0. The van der Waals surface area contributed by atoms with Crippen LogP contribution in [-0.2, 0) is 28.5 Å². The number of rotatable bonds is 33. The maximum absolute atomic E-state index is 12.7. The number of carbonyl (C=O) groups excluding carboxylic acids is 2. The van der Waals surface area contributed by atoms with Crippen molar-refractivity contribution in [1.82, 2.24) is 0 Å². The molecule has 0 aromatic carbocycles. The highest BCUT2D eigenvalue weighted by Gasteiger charge is 2.44. The van der Waals surface area contributed by atoms with Gasteiger partial charge in [-0.15, -0.1) is 0 Å². The van der Waals surface area contributed by atoms with Crippen LogP contribution in [0, 0.1) is 0 Å². The van der Waals surface area contributed by atoms with Gasteiger partial charge in [-0.05, 0) is 77.0 Å². The predicted octanol–water partition coefficient (Wildman–Crippen LogP) is 8.44. The summed E-state index contributed by atoms with van der Waals surface area (Å²) in [5.74, 6) is -0.855. The highest BCUT2D eigenvalue weighted by Crippen LogP contribution is 2.22. The van der Waals surface area contributed by atoms with Crippen LogP contribution in [0.4, 0.5) is 0 Å². The molecule has 10 heteroatoms. The molecule has 6 atom stereocenters. The Kier molecular flexibility index (Phi) is 32.4. The van der Waals surface area contributed by atoms with E-state index in [4.69, 9.17) is 18.9 Å². The SMILES string of the molecule is CC/C=C/C/C=C/C/C=C/CCCCCCCC(=O)OC[C@@H](CO[C@H]1O[C@@H](CO)[C@@H](O)C(O)C1O)OC(=O)CCCCCCC/C=C/C/C=C/C/C=C/CC. The zero-order valence-corrected chi connectivity index (χ0v) is 33.9. The molecule has 0 spiro atoms. The average molecular weight is 775 g/mol. The van der Waals surface area contributed by atoms with E-state index in [-0.39, 0.29) is 26.1 Å². The Hall–Kier alpha value is -2.86. The summed E-state index contributed by atoms with van der Waals surface area (Å²) in [5, 5.41) is 40.0. The molecule has 1 aliphatic heterocycles. The van der Waals surface area contributed by atoms with Crippen LogP contribution in [0.1, 0.15) is 142 Å². The molecule has 10 nitrogen and oxygen atoms in total. The van der Waals surface area contributed by atoms with E-state index in [2.05, 4.69) is 86.8 Å². The summed E-state index contributed by atoms with van der Waals surface area (Å²) in [6, 6.07) is 0. The first-order valence-electron chi connectivity index (χ1n) is 21.0. The fourth-order valence-corrected chi connectivity index (χ4v) is 5.80. The lowest BCUT2D eigenvalue weighted by atomic mass is 9.99. The number of hydrogen-bond donors (Lipinski definition) is 4.